The molecule has 1 aromatic carbocycles. The summed E-state index contributed by atoms with van der Waals surface area (Å²) >= 11 is 0. The maximum absolute atomic E-state index is 11.7. The van der Waals surface area contributed by atoms with Gasteiger partial charge in [-0.05, 0) is 18.2 Å². The Kier molecular flexibility index (Phi) is 2.77. The molecule has 0 bridgehead atoms. The van der Waals surface area contributed by atoms with Crippen LogP contribution in [0.25, 0.3) is 10.9 Å². The first-order valence-electron chi connectivity index (χ1n) is 4.97. The lowest BCUT2D eigenvalue weighted by atomic mass is 10.1. The van der Waals surface area contributed by atoms with Crippen LogP contribution in [-0.4, -0.2) is 32.1 Å². The molecule has 6 heteroatoms. The van der Waals surface area contributed by atoms with Crippen molar-refractivity contribution in [2.24, 2.45) is 0 Å². The van der Waals surface area contributed by atoms with E-state index >= 15 is 0 Å². The van der Waals surface area contributed by atoms with Crippen LogP contribution >= 0.6 is 0 Å². The molecule has 2 aromatic rings. The van der Waals surface area contributed by atoms with E-state index in [1.807, 2.05) is 0 Å². The van der Waals surface area contributed by atoms with E-state index in [9.17, 15) is 14.7 Å². The van der Waals surface area contributed by atoms with Crippen LogP contribution < -0.4 is 0 Å². The second kappa shape index (κ2) is 4.25. The number of fused-ring (bicyclic) bond motifs is 1. The summed E-state index contributed by atoms with van der Waals surface area (Å²) in [7, 11) is 0. The molecule has 2 rings (SSSR count). The van der Waals surface area contributed by atoms with Crippen LogP contribution in [0.2, 0.25) is 0 Å². The second-order valence-electron chi connectivity index (χ2n) is 3.63. The molecule has 0 aliphatic rings. The van der Waals surface area contributed by atoms with Crippen molar-refractivity contribution < 1.29 is 24.9 Å². The highest BCUT2D eigenvalue weighted by Crippen LogP contribution is 2.23. The van der Waals surface area contributed by atoms with Gasteiger partial charge in [-0.2, -0.15) is 0 Å². The molecule has 0 saturated heterocycles. The maximum Gasteiger partial charge on any atom is 0.371 e. The zero-order valence-electron chi connectivity index (χ0n) is 9.04. The number of carbonyl (C=O) groups excluding carboxylic acids is 1. The zero-order valence-corrected chi connectivity index (χ0v) is 9.04. The third-order valence-corrected chi connectivity index (χ3v) is 2.42. The smallest absolute Gasteiger partial charge is 0.371 e. The Morgan fingerprint density at radius 3 is 2.61 bits per heavy atom. The van der Waals surface area contributed by atoms with Gasteiger partial charge in [-0.1, -0.05) is 0 Å². The van der Waals surface area contributed by atoms with Gasteiger partial charge in [0.1, 0.15) is 5.75 Å². The molecule has 0 amide bonds. The van der Waals surface area contributed by atoms with Gasteiger partial charge in [0.05, 0.1) is 0 Å². The number of allylic oxidation sites excluding steroid dienone is 1. The first kappa shape index (κ1) is 11.7. The van der Waals surface area contributed by atoms with Gasteiger partial charge in [-0.3, -0.25) is 4.79 Å². The van der Waals surface area contributed by atoms with E-state index in [0.717, 1.165) is 0 Å². The van der Waals surface area contributed by atoms with Crippen molar-refractivity contribution >= 4 is 22.7 Å². The lowest BCUT2D eigenvalue weighted by molar-refractivity contribution is -0.135. The highest BCUT2D eigenvalue weighted by molar-refractivity contribution is 6.15. The molecular formula is C12H9NO5. The predicted molar refractivity (Wildman–Crippen MR) is 62.6 cm³/mol. The van der Waals surface area contributed by atoms with Crippen LogP contribution in [0.3, 0.4) is 0 Å². The van der Waals surface area contributed by atoms with E-state index in [1.54, 1.807) is 6.07 Å². The molecule has 92 valence electrons. The quantitative estimate of drug-likeness (QED) is 0.374. The van der Waals surface area contributed by atoms with E-state index < -0.39 is 17.5 Å². The fourth-order valence-corrected chi connectivity index (χ4v) is 1.58. The fourth-order valence-electron chi connectivity index (χ4n) is 1.58. The first-order valence-corrected chi connectivity index (χ1v) is 4.97. The number of rotatable bonds is 3. The number of aromatic hydroxyl groups is 1. The van der Waals surface area contributed by atoms with Gasteiger partial charge >= 0.3 is 5.97 Å². The summed E-state index contributed by atoms with van der Waals surface area (Å²) in [4.78, 5) is 25.0. The number of phenols is 1. The van der Waals surface area contributed by atoms with Gasteiger partial charge in [0.2, 0.25) is 5.76 Å². The van der Waals surface area contributed by atoms with Crippen LogP contribution in [0, 0.1) is 0 Å². The number of ketones is 1. The topological polar surface area (TPSA) is 111 Å². The molecule has 0 aliphatic heterocycles. The summed E-state index contributed by atoms with van der Waals surface area (Å²) in [6.07, 6.45) is 2.01. The largest absolute Gasteiger partial charge is 0.508 e. The molecule has 0 atom stereocenters. The Hall–Kier alpha value is -2.76. The summed E-state index contributed by atoms with van der Waals surface area (Å²) in [5.41, 5.74) is 0.799. The fraction of sp³-hybridized carbons (Fsp3) is 0. The predicted octanol–water partition coefficient (Wildman–Crippen LogP) is 1.58. The average Bonchev–Trinajstić information content (AvgIpc) is 2.71. The number of hydrogen-bond donors (Lipinski definition) is 4. The Balaban J connectivity index is 2.49. The Bertz CT molecular complexity index is 668. The minimum absolute atomic E-state index is 0.0115. The van der Waals surface area contributed by atoms with Crippen LogP contribution in [0.5, 0.6) is 5.75 Å². The molecule has 6 nitrogen and oxygen atoms in total. The number of phenolic OH excluding ortho intramolecular Hbond substituents is 1. The van der Waals surface area contributed by atoms with E-state index in [4.69, 9.17) is 10.2 Å². The van der Waals surface area contributed by atoms with E-state index in [1.165, 1.54) is 18.3 Å². The van der Waals surface area contributed by atoms with E-state index in [0.29, 0.717) is 17.0 Å². The van der Waals surface area contributed by atoms with Gasteiger partial charge in [-0.25, -0.2) is 4.79 Å². The SMILES string of the molecule is O=C(O)/C(O)=C/C(=O)c1c[nH]c2ccc(O)cc12. The standard InChI is InChI=1S/C12H9NO5/c14-6-1-2-9-7(3-6)8(5-13-9)10(15)4-11(16)12(17)18/h1-5,13-14,16H,(H,17,18)/b11-4-. The molecule has 0 unspecified atom stereocenters. The number of H-pyrrole nitrogens is 1. The number of carboxylic acids is 1. The number of aliphatic hydroxyl groups is 1. The third-order valence-electron chi connectivity index (χ3n) is 2.42. The zero-order chi connectivity index (χ0) is 13.3. The van der Waals surface area contributed by atoms with Gasteiger partial charge in [0, 0.05) is 28.7 Å². The molecule has 0 radical (unpaired) electrons. The van der Waals surface area contributed by atoms with Gasteiger partial charge in [0.25, 0.3) is 0 Å². The maximum atomic E-state index is 11.7. The van der Waals surface area contributed by atoms with Crippen molar-refractivity contribution in [2.75, 3.05) is 0 Å². The summed E-state index contributed by atoms with van der Waals surface area (Å²) in [5, 5.41) is 27.3. The molecule has 1 aromatic heterocycles. The minimum Gasteiger partial charge on any atom is -0.508 e. The number of benzene rings is 1. The molecule has 4 N–H and O–H groups in total. The van der Waals surface area contributed by atoms with Crippen molar-refractivity contribution in [3.8, 4) is 5.75 Å². The Morgan fingerprint density at radius 1 is 1.22 bits per heavy atom. The number of carbonyl (C=O) groups is 2. The highest BCUT2D eigenvalue weighted by atomic mass is 16.4. The number of nitrogens with one attached hydrogen (secondary N) is 1. The molecule has 1 heterocycles. The highest BCUT2D eigenvalue weighted by Gasteiger charge is 2.13. The van der Waals surface area contributed by atoms with Gasteiger partial charge in [0.15, 0.2) is 5.78 Å². The molecule has 0 spiro atoms. The molecular weight excluding hydrogens is 238 g/mol. The van der Waals surface area contributed by atoms with Crippen molar-refractivity contribution in [1.29, 1.82) is 0 Å². The normalized spacial score (nSPS) is 11.7. The van der Waals surface area contributed by atoms with Crippen molar-refractivity contribution in [3.05, 3.63) is 41.8 Å². The molecule has 0 fully saturated rings. The molecule has 0 aliphatic carbocycles. The number of aromatic amines is 1. The molecule has 18 heavy (non-hydrogen) atoms. The van der Waals surface area contributed by atoms with Crippen LogP contribution in [-0.2, 0) is 4.79 Å². The van der Waals surface area contributed by atoms with E-state index in [-0.39, 0.29) is 11.3 Å². The Labute approximate surface area is 101 Å². The van der Waals surface area contributed by atoms with E-state index in [2.05, 4.69) is 4.98 Å². The third kappa shape index (κ3) is 2.03. The monoisotopic (exact) mass is 247 g/mol. The number of aliphatic carboxylic acids is 1. The summed E-state index contributed by atoms with van der Waals surface area (Å²) in [5.74, 6) is -3.28. The van der Waals surface area contributed by atoms with Crippen molar-refractivity contribution in [1.82, 2.24) is 4.98 Å². The summed E-state index contributed by atoms with van der Waals surface area (Å²) in [6, 6.07) is 4.42. The van der Waals surface area contributed by atoms with Crippen LogP contribution in [0.4, 0.5) is 0 Å². The van der Waals surface area contributed by atoms with Crippen molar-refractivity contribution in [3.63, 3.8) is 0 Å². The average molecular weight is 247 g/mol. The second-order valence-corrected chi connectivity index (χ2v) is 3.63. The van der Waals surface area contributed by atoms with Gasteiger partial charge in [-0.15, -0.1) is 0 Å². The van der Waals surface area contributed by atoms with Crippen molar-refractivity contribution in [2.45, 2.75) is 0 Å². The summed E-state index contributed by atoms with van der Waals surface area (Å²) < 4.78 is 0. The number of aliphatic hydroxyl groups excluding tert-OH is 1. The lowest BCUT2D eigenvalue weighted by Gasteiger charge is -1.96. The number of hydrogen-bond acceptors (Lipinski definition) is 4. The number of aromatic nitrogens is 1. The Morgan fingerprint density at radius 2 is 1.94 bits per heavy atom. The van der Waals surface area contributed by atoms with Gasteiger partial charge < -0.3 is 20.3 Å². The minimum atomic E-state index is -1.58. The van der Waals surface area contributed by atoms with Crippen LogP contribution in [0.1, 0.15) is 10.4 Å². The first-order chi connectivity index (χ1) is 8.49. The summed E-state index contributed by atoms with van der Waals surface area (Å²) in [6.45, 7) is 0. The number of carboxylic acid groups (broad SMARTS) is 1. The molecule has 0 saturated carbocycles. The van der Waals surface area contributed by atoms with Crippen LogP contribution in [0.15, 0.2) is 36.2 Å². The lowest BCUT2D eigenvalue weighted by Crippen LogP contribution is -2.03.